The molecule has 1 fully saturated rings. The fourth-order valence-electron chi connectivity index (χ4n) is 2.97. The number of ether oxygens (including phenoxy) is 2. The lowest BCUT2D eigenvalue weighted by atomic mass is 10.2. The Balaban J connectivity index is 1.26. The molecule has 0 bridgehead atoms. The van der Waals surface area contributed by atoms with E-state index in [1.54, 1.807) is 6.08 Å². The Kier molecular flexibility index (Phi) is 4.22. The first-order valence-corrected chi connectivity index (χ1v) is 8.63. The van der Waals surface area contributed by atoms with Gasteiger partial charge in [-0.1, -0.05) is 19.1 Å². The molecule has 4 rings (SSSR count). The van der Waals surface area contributed by atoms with Gasteiger partial charge in [0.1, 0.15) is 24.2 Å². The first-order valence-electron chi connectivity index (χ1n) is 8.63. The summed E-state index contributed by atoms with van der Waals surface area (Å²) in [5.74, 6) is 4.23. The van der Waals surface area contributed by atoms with Crippen molar-refractivity contribution in [3.63, 3.8) is 0 Å². The molecule has 1 aliphatic heterocycles. The molecule has 0 radical (unpaired) electrons. The van der Waals surface area contributed by atoms with Gasteiger partial charge in [-0.05, 0) is 42.7 Å². The van der Waals surface area contributed by atoms with Gasteiger partial charge in [0.15, 0.2) is 11.5 Å². The van der Waals surface area contributed by atoms with Crippen LogP contribution in [0.3, 0.4) is 0 Å². The van der Waals surface area contributed by atoms with Crippen molar-refractivity contribution in [1.29, 1.82) is 0 Å². The average molecular weight is 339 g/mol. The number of para-hydroxylation sites is 2. The lowest BCUT2D eigenvalue weighted by molar-refractivity contribution is -0.116. The van der Waals surface area contributed by atoms with Crippen molar-refractivity contribution in [3.8, 4) is 11.5 Å². The number of carbonyl (C=O) groups excluding carboxylic acids is 1. The summed E-state index contributed by atoms with van der Waals surface area (Å²) in [7, 11) is 0. The Bertz CT molecular complexity index is 794. The molecule has 130 valence electrons. The van der Waals surface area contributed by atoms with Gasteiger partial charge in [0.2, 0.25) is 5.91 Å². The molecule has 3 atom stereocenters. The molecule has 3 unspecified atom stereocenters. The number of hydrogen-bond donors (Lipinski definition) is 1. The van der Waals surface area contributed by atoms with Gasteiger partial charge >= 0.3 is 0 Å². The number of benzene rings is 1. The summed E-state index contributed by atoms with van der Waals surface area (Å²) in [6, 6.07) is 11.4. The van der Waals surface area contributed by atoms with Crippen LogP contribution in [0.15, 0.2) is 46.9 Å². The van der Waals surface area contributed by atoms with Crippen LogP contribution in [-0.2, 0) is 4.79 Å². The summed E-state index contributed by atoms with van der Waals surface area (Å²) in [6.07, 6.45) is 4.17. The van der Waals surface area contributed by atoms with Crippen LogP contribution in [0.5, 0.6) is 11.5 Å². The molecule has 2 aromatic rings. The predicted molar refractivity (Wildman–Crippen MR) is 93.6 cm³/mol. The third-order valence-corrected chi connectivity index (χ3v) is 4.59. The second-order valence-corrected chi connectivity index (χ2v) is 6.64. The van der Waals surface area contributed by atoms with Crippen molar-refractivity contribution in [3.05, 3.63) is 54.0 Å². The fraction of sp³-hybridized carbons (Fsp3) is 0.350. The van der Waals surface area contributed by atoms with E-state index >= 15 is 0 Å². The van der Waals surface area contributed by atoms with E-state index in [4.69, 9.17) is 13.9 Å². The standard InChI is InChI=1S/C20H21NO4/c1-13-10-16(13)17-8-6-14(24-17)7-9-20(22)21-11-15-12-23-18-4-2-3-5-19(18)25-15/h2-9,13,15-16H,10-12H2,1H3,(H,21,22)/b9-7+. The number of fused-ring (bicyclic) bond motifs is 1. The van der Waals surface area contributed by atoms with Crippen LogP contribution in [0.25, 0.3) is 6.08 Å². The van der Waals surface area contributed by atoms with Gasteiger partial charge in [0.05, 0.1) is 6.54 Å². The zero-order valence-corrected chi connectivity index (χ0v) is 14.1. The molecule has 1 N–H and O–H groups in total. The minimum absolute atomic E-state index is 0.180. The number of carbonyl (C=O) groups is 1. The number of rotatable bonds is 5. The van der Waals surface area contributed by atoms with Crippen molar-refractivity contribution < 1.29 is 18.7 Å². The summed E-state index contributed by atoms with van der Waals surface area (Å²) in [5, 5.41) is 2.83. The van der Waals surface area contributed by atoms with Crippen molar-refractivity contribution in [2.75, 3.05) is 13.2 Å². The van der Waals surface area contributed by atoms with Crippen LogP contribution in [0.1, 0.15) is 30.8 Å². The largest absolute Gasteiger partial charge is 0.486 e. The highest BCUT2D eigenvalue weighted by Crippen LogP contribution is 2.47. The van der Waals surface area contributed by atoms with E-state index in [-0.39, 0.29) is 12.0 Å². The van der Waals surface area contributed by atoms with Gasteiger partial charge in [-0.15, -0.1) is 0 Å². The predicted octanol–water partition coefficient (Wildman–Crippen LogP) is 3.37. The van der Waals surface area contributed by atoms with Crippen molar-refractivity contribution in [2.45, 2.75) is 25.4 Å². The number of furan rings is 1. The molecule has 5 heteroatoms. The maximum absolute atomic E-state index is 12.0. The van der Waals surface area contributed by atoms with Crippen LogP contribution in [0.4, 0.5) is 0 Å². The smallest absolute Gasteiger partial charge is 0.244 e. The SMILES string of the molecule is CC1CC1c1ccc(/C=C/C(=O)NCC2COc3ccccc3O2)o1. The van der Waals surface area contributed by atoms with Crippen molar-refractivity contribution in [2.24, 2.45) is 5.92 Å². The average Bonchev–Trinajstić information content (AvgIpc) is 3.18. The van der Waals surface area contributed by atoms with E-state index in [1.807, 2.05) is 36.4 Å². The van der Waals surface area contributed by atoms with Gasteiger partial charge in [-0.2, -0.15) is 0 Å². The van der Waals surface area contributed by atoms with Gasteiger partial charge in [-0.3, -0.25) is 4.79 Å². The molecule has 0 spiro atoms. The normalized spacial score (nSPS) is 24.3. The maximum atomic E-state index is 12.0. The molecule has 1 aliphatic carbocycles. The monoisotopic (exact) mass is 339 g/mol. The first-order chi connectivity index (χ1) is 12.2. The van der Waals surface area contributed by atoms with Gasteiger partial charge in [0.25, 0.3) is 0 Å². The molecule has 1 saturated carbocycles. The lowest BCUT2D eigenvalue weighted by Gasteiger charge is -2.26. The Labute approximate surface area is 146 Å². The van der Waals surface area contributed by atoms with E-state index in [9.17, 15) is 4.79 Å². The second-order valence-electron chi connectivity index (χ2n) is 6.64. The molecular weight excluding hydrogens is 318 g/mol. The van der Waals surface area contributed by atoms with Gasteiger partial charge in [-0.25, -0.2) is 0 Å². The summed E-state index contributed by atoms with van der Waals surface area (Å²) in [6.45, 7) is 3.02. The summed E-state index contributed by atoms with van der Waals surface area (Å²) in [5.41, 5.74) is 0. The van der Waals surface area contributed by atoms with Crippen LogP contribution in [-0.4, -0.2) is 25.2 Å². The highest BCUT2D eigenvalue weighted by molar-refractivity contribution is 5.91. The van der Waals surface area contributed by atoms with E-state index in [2.05, 4.69) is 12.2 Å². The van der Waals surface area contributed by atoms with Gasteiger partial charge in [0, 0.05) is 12.0 Å². The molecule has 1 aromatic carbocycles. The second kappa shape index (κ2) is 6.67. The molecule has 2 heterocycles. The highest BCUT2D eigenvalue weighted by Gasteiger charge is 2.36. The third-order valence-electron chi connectivity index (χ3n) is 4.59. The Morgan fingerprint density at radius 1 is 1.24 bits per heavy atom. The molecule has 5 nitrogen and oxygen atoms in total. The van der Waals surface area contributed by atoms with Crippen LogP contribution in [0.2, 0.25) is 0 Å². The molecule has 2 aliphatic rings. The number of amides is 1. The molecule has 1 aromatic heterocycles. The van der Waals surface area contributed by atoms with E-state index in [0.29, 0.717) is 36.5 Å². The third kappa shape index (κ3) is 3.71. The van der Waals surface area contributed by atoms with E-state index in [1.165, 1.54) is 12.5 Å². The Morgan fingerprint density at radius 2 is 2.04 bits per heavy atom. The quantitative estimate of drug-likeness (QED) is 0.849. The summed E-state index contributed by atoms with van der Waals surface area (Å²) >= 11 is 0. The van der Waals surface area contributed by atoms with Gasteiger partial charge < -0.3 is 19.2 Å². The highest BCUT2D eigenvalue weighted by atomic mass is 16.6. The zero-order chi connectivity index (χ0) is 17.2. The molecule has 1 amide bonds. The van der Waals surface area contributed by atoms with E-state index < -0.39 is 0 Å². The molecular formula is C20H21NO4. The first kappa shape index (κ1) is 15.8. The minimum atomic E-state index is -0.196. The molecule has 25 heavy (non-hydrogen) atoms. The summed E-state index contributed by atoms with van der Waals surface area (Å²) < 4.78 is 17.2. The number of nitrogens with one attached hydrogen (secondary N) is 1. The maximum Gasteiger partial charge on any atom is 0.244 e. The van der Waals surface area contributed by atoms with E-state index in [0.717, 1.165) is 11.5 Å². The molecule has 0 saturated heterocycles. The number of hydrogen-bond acceptors (Lipinski definition) is 4. The van der Waals surface area contributed by atoms with Crippen LogP contribution < -0.4 is 14.8 Å². The van der Waals surface area contributed by atoms with Crippen molar-refractivity contribution >= 4 is 12.0 Å². The zero-order valence-electron chi connectivity index (χ0n) is 14.1. The minimum Gasteiger partial charge on any atom is -0.486 e. The van der Waals surface area contributed by atoms with Crippen molar-refractivity contribution in [1.82, 2.24) is 5.32 Å². The fourth-order valence-corrected chi connectivity index (χ4v) is 2.97. The topological polar surface area (TPSA) is 60.7 Å². The lowest BCUT2D eigenvalue weighted by Crippen LogP contribution is -2.40. The van der Waals surface area contributed by atoms with Crippen LogP contribution >= 0.6 is 0 Å². The Morgan fingerprint density at radius 3 is 2.84 bits per heavy atom. The Hall–Kier alpha value is -2.69. The summed E-state index contributed by atoms with van der Waals surface area (Å²) in [4.78, 5) is 12.0. The van der Waals surface area contributed by atoms with Crippen LogP contribution in [0, 0.1) is 5.92 Å².